The quantitative estimate of drug-likeness (QED) is 0.557. The average molecular weight is 319 g/mol. The summed E-state index contributed by atoms with van der Waals surface area (Å²) in [5.41, 5.74) is 6.13. The Morgan fingerprint density at radius 1 is 0.875 bits per heavy atom. The maximum absolute atomic E-state index is 4.40. The molecular formula is C23H29N. The number of benzene rings is 2. The van der Waals surface area contributed by atoms with Gasteiger partial charge in [-0.1, -0.05) is 88.9 Å². The molecule has 126 valence electrons. The van der Waals surface area contributed by atoms with E-state index in [1.165, 1.54) is 16.8 Å². The summed E-state index contributed by atoms with van der Waals surface area (Å²) in [7, 11) is 0. The molecule has 0 aliphatic heterocycles. The maximum atomic E-state index is 4.40. The van der Waals surface area contributed by atoms with E-state index in [4.69, 9.17) is 0 Å². The van der Waals surface area contributed by atoms with E-state index in [9.17, 15) is 0 Å². The van der Waals surface area contributed by atoms with Crippen LogP contribution in [0.5, 0.6) is 0 Å². The summed E-state index contributed by atoms with van der Waals surface area (Å²) >= 11 is 0. The fourth-order valence-corrected chi connectivity index (χ4v) is 3.01. The number of para-hydroxylation sites is 1. The number of hydrogen-bond acceptors (Lipinski definition) is 1. The van der Waals surface area contributed by atoms with Gasteiger partial charge in [0.2, 0.25) is 0 Å². The van der Waals surface area contributed by atoms with Crippen molar-refractivity contribution in [3.63, 3.8) is 0 Å². The molecule has 2 aromatic rings. The minimum absolute atomic E-state index is 0.454. The van der Waals surface area contributed by atoms with Crippen molar-refractivity contribution in [1.82, 2.24) is 0 Å². The molecule has 1 heteroatoms. The molecule has 2 aromatic carbocycles. The summed E-state index contributed by atoms with van der Waals surface area (Å²) in [6.07, 6.45) is 4.21. The van der Waals surface area contributed by atoms with E-state index in [1.807, 2.05) is 6.07 Å². The SMILES string of the molecule is C=C(c1ccccc1)N(/C=C\C)c1c(C(C)C)cccc1C(C)C. The molecule has 0 saturated carbocycles. The van der Waals surface area contributed by atoms with Crippen LogP contribution in [-0.4, -0.2) is 0 Å². The van der Waals surface area contributed by atoms with Crippen molar-refractivity contribution < 1.29 is 0 Å². The smallest absolute Gasteiger partial charge is 0.0524 e. The zero-order valence-corrected chi connectivity index (χ0v) is 15.6. The molecule has 0 N–H and O–H groups in total. The summed E-state index contributed by atoms with van der Waals surface area (Å²) in [5, 5.41) is 0. The predicted octanol–water partition coefficient (Wildman–Crippen LogP) is 6.94. The third kappa shape index (κ3) is 3.79. The van der Waals surface area contributed by atoms with Crippen molar-refractivity contribution in [3.05, 3.63) is 84.1 Å². The fraction of sp³-hybridized carbons (Fsp3) is 0.304. The van der Waals surface area contributed by atoms with Gasteiger partial charge in [0.25, 0.3) is 0 Å². The van der Waals surface area contributed by atoms with Gasteiger partial charge < -0.3 is 4.90 Å². The third-order valence-electron chi connectivity index (χ3n) is 4.28. The molecule has 0 saturated heterocycles. The van der Waals surface area contributed by atoms with E-state index < -0.39 is 0 Å². The van der Waals surface area contributed by atoms with E-state index in [0.717, 1.165) is 11.3 Å². The van der Waals surface area contributed by atoms with Gasteiger partial charge in [-0.15, -0.1) is 0 Å². The molecule has 0 aliphatic carbocycles. The van der Waals surface area contributed by atoms with Gasteiger partial charge in [0, 0.05) is 11.9 Å². The molecule has 0 fully saturated rings. The van der Waals surface area contributed by atoms with E-state index >= 15 is 0 Å². The monoisotopic (exact) mass is 319 g/mol. The summed E-state index contributed by atoms with van der Waals surface area (Å²) < 4.78 is 0. The van der Waals surface area contributed by atoms with Gasteiger partial charge in [-0.2, -0.15) is 0 Å². The van der Waals surface area contributed by atoms with Crippen LogP contribution in [0.1, 0.15) is 63.1 Å². The molecule has 0 amide bonds. The first kappa shape index (κ1) is 18.1. The highest BCUT2D eigenvalue weighted by atomic mass is 15.1. The molecule has 2 rings (SSSR count). The first-order chi connectivity index (χ1) is 11.5. The van der Waals surface area contributed by atoms with E-state index in [0.29, 0.717) is 11.8 Å². The second-order valence-electron chi connectivity index (χ2n) is 6.76. The summed E-state index contributed by atoms with van der Waals surface area (Å²) in [5.74, 6) is 0.907. The lowest BCUT2D eigenvalue weighted by Crippen LogP contribution is -2.18. The molecule has 0 heterocycles. The first-order valence-electron chi connectivity index (χ1n) is 8.76. The third-order valence-corrected chi connectivity index (χ3v) is 4.28. The van der Waals surface area contributed by atoms with Crippen LogP contribution in [0.2, 0.25) is 0 Å². The summed E-state index contributed by atoms with van der Waals surface area (Å²) in [4.78, 5) is 2.25. The maximum Gasteiger partial charge on any atom is 0.0524 e. The zero-order chi connectivity index (χ0) is 17.7. The average Bonchev–Trinajstić information content (AvgIpc) is 2.59. The summed E-state index contributed by atoms with van der Waals surface area (Å²) in [6.45, 7) is 15.5. The van der Waals surface area contributed by atoms with Gasteiger partial charge in [0.15, 0.2) is 0 Å². The van der Waals surface area contributed by atoms with Crippen LogP contribution in [0.15, 0.2) is 67.4 Å². The standard InChI is InChI=1S/C23H29N/c1-7-16-24(19(6)20-12-9-8-10-13-20)23-21(17(2)3)14-11-15-22(23)18(4)5/h7-18H,6H2,1-5H3/b16-7-. The van der Waals surface area contributed by atoms with Gasteiger partial charge in [0.05, 0.1) is 5.69 Å². The first-order valence-corrected chi connectivity index (χ1v) is 8.76. The van der Waals surface area contributed by atoms with Gasteiger partial charge in [-0.25, -0.2) is 0 Å². The largest absolute Gasteiger partial charge is 0.317 e. The Bertz CT molecular complexity index is 682. The fourth-order valence-electron chi connectivity index (χ4n) is 3.01. The van der Waals surface area contributed by atoms with Crippen molar-refractivity contribution in [2.24, 2.45) is 0 Å². The minimum Gasteiger partial charge on any atom is -0.317 e. The minimum atomic E-state index is 0.454. The highest BCUT2D eigenvalue weighted by Gasteiger charge is 2.20. The molecule has 0 spiro atoms. The lowest BCUT2D eigenvalue weighted by atomic mass is 9.91. The number of allylic oxidation sites excluding steroid dienone is 1. The van der Waals surface area contributed by atoms with Crippen LogP contribution >= 0.6 is 0 Å². The Kier molecular flexibility index (Phi) is 6.03. The Balaban J connectivity index is 2.65. The predicted molar refractivity (Wildman–Crippen MR) is 107 cm³/mol. The number of hydrogen-bond donors (Lipinski definition) is 0. The summed E-state index contributed by atoms with van der Waals surface area (Å²) in [6, 6.07) is 17.0. The Morgan fingerprint density at radius 3 is 1.88 bits per heavy atom. The number of rotatable bonds is 6. The van der Waals surface area contributed by atoms with Crippen LogP contribution in [0.4, 0.5) is 5.69 Å². The van der Waals surface area contributed by atoms with Crippen molar-refractivity contribution >= 4 is 11.4 Å². The molecule has 0 aromatic heterocycles. The van der Waals surface area contributed by atoms with E-state index in [-0.39, 0.29) is 0 Å². The van der Waals surface area contributed by atoms with Gasteiger partial charge >= 0.3 is 0 Å². The van der Waals surface area contributed by atoms with Gasteiger partial charge in [0.1, 0.15) is 0 Å². The van der Waals surface area contributed by atoms with Gasteiger partial charge in [-0.3, -0.25) is 0 Å². The lowest BCUT2D eigenvalue weighted by Gasteiger charge is -2.30. The molecule has 24 heavy (non-hydrogen) atoms. The second-order valence-corrected chi connectivity index (χ2v) is 6.76. The van der Waals surface area contributed by atoms with Crippen molar-refractivity contribution in [2.45, 2.75) is 46.5 Å². The molecular weight excluding hydrogens is 290 g/mol. The normalized spacial score (nSPS) is 11.5. The van der Waals surface area contributed by atoms with Crippen molar-refractivity contribution in [3.8, 4) is 0 Å². The van der Waals surface area contributed by atoms with Crippen LogP contribution in [0, 0.1) is 0 Å². The molecule has 1 nitrogen and oxygen atoms in total. The topological polar surface area (TPSA) is 3.24 Å². The lowest BCUT2D eigenvalue weighted by molar-refractivity contribution is 0.831. The highest BCUT2D eigenvalue weighted by molar-refractivity contribution is 5.83. The van der Waals surface area contributed by atoms with Crippen LogP contribution in [0.25, 0.3) is 5.70 Å². The Labute approximate surface area is 147 Å². The van der Waals surface area contributed by atoms with E-state index in [1.54, 1.807) is 0 Å². The molecule has 0 radical (unpaired) electrons. The molecule has 0 atom stereocenters. The zero-order valence-electron chi connectivity index (χ0n) is 15.6. The number of nitrogens with zero attached hydrogens (tertiary/aromatic N) is 1. The Morgan fingerprint density at radius 2 is 1.42 bits per heavy atom. The van der Waals surface area contributed by atoms with Crippen molar-refractivity contribution in [1.29, 1.82) is 0 Å². The van der Waals surface area contributed by atoms with E-state index in [2.05, 4.69) is 101 Å². The number of anilines is 1. The van der Waals surface area contributed by atoms with Crippen molar-refractivity contribution in [2.75, 3.05) is 4.90 Å². The molecule has 0 aliphatic rings. The van der Waals surface area contributed by atoms with Crippen LogP contribution in [0.3, 0.4) is 0 Å². The molecule has 0 unspecified atom stereocenters. The van der Waals surface area contributed by atoms with Gasteiger partial charge in [-0.05, 0) is 35.4 Å². The molecule has 0 bridgehead atoms. The Hall–Kier alpha value is -2.28. The second kappa shape index (κ2) is 8.01. The van der Waals surface area contributed by atoms with Crippen LogP contribution < -0.4 is 4.90 Å². The van der Waals surface area contributed by atoms with Crippen LogP contribution in [-0.2, 0) is 0 Å². The highest BCUT2D eigenvalue weighted by Crippen LogP contribution is 2.38.